The fraction of sp³-hybridized carbons (Fsp3) is 0.389. The number of unbranched alkanes of at least 4 members (excludes halogenated alkanes) is 1. The van der Waals surface area contributed by atoms with Crippen LogP contribution in [0, 0.1) is 0 Å². The number of aryl methyl sites for hydroxylation is 2. The van der Waals surface area contributed by atoms with Crippen LogP contribution in [0.2, 0.25) is 0 Å². The van der Waals surface area contributed by atoms with E-state index in [4.69, 9.17) is 0 Å². The van der Waals surface area contributed by atoms with Crippen molar-refractivity contribution in [3.63, 3.8) is 0 Å². The standard InChI is InChI=1S/C18H20N6O2S2/c1-3-5-7-24-15-13(16(25)22-18(24)26)23(4-2)12(21-15)9-28-17-14-11(6-8-27-14)19-10-20-17/h6,8,10H,3-5,7,9H2,1-2H3,(H,22,25,26). The molecule has 0 unspecified atom stereocenters. The zero-order valence-corrected chi connectivity index (χ0v) is 17.3. The summed E-state index contributed by atoms with van der Waals surface area (Å²) in [5, 5.41) is 2.89. The number of hydrogen-bond acceptors (Lipinski definition) is 7. The van der Waals surface area contributed by atoms with E-state index in [9.17, 15) is 9.59 Å². The van der Waals surface area contributed by atoms with E-state index in [0.29, 0.717) is 30.0 Å². The Kier molecular flexibility index (Phi) is 5.31. The third-order valence-corrected chi connectivity index (χ3v) is 6.59. The summed E-state index contributed by atoms with van der Waals surface area (Å²) in [5.41, 5.74) is 1.06. The van der Waals surface area contributed by atoms with Crippen molar-refractivity contribution in [3.05, 3.63) is 44.4 Å². The smallest absolute Gasteiger partial charge is 0.322 e. The van der Waals surface area contributed by atoms with Gasteiger partial charge in [-0.15, -0.1) is 11.3 Å². The van der Waals surface area contributed by atoms with Crippen molar-refractivity contribution in [1.29, 1.82) is 0 Å². The Morgan fingerprint density at radius 1 is 1.21 bits per heavy atom. The third kappa shape index (κ3) is 3.26. The molecule has 0 atom stereocenters. The van der Waals surface area contributed by atoms with Gasteiger partial charge in [-0.2, -0.15) is 0 Å². The number of nitrogens with zero attached hydrogens (tertiary/aromatic N) is 5. The first-order valence-corrected chi connectivity index (χ1v) is 11.0. The van der Waals surface area contributed by atoms with Gasteiger partial charge in [0.2, 0.25) is 0 Å². The van der Waals surface area contributed by atoms with Crippen LogP contribution >= 0.6 is 23.1 Å². The predicted molar refractivity (Wildman–Crippen MR) is 112 cm³/mol. The van der Waals surface area contributed by atoms with Crippen LogP contribution in [0.3, 0.4) is 0 Å². The van der Waals surface area contributed by atoms with E-state index >= 15 is 0 Å². The number of rotatable bonds is 7. The molecule has 4 aromatic heterocycles. The van der Waals surface area contributed by atoms with Gasteiger partial charge in [-0.05, 0) is 24.8 Å². The molecule has 0 amide bonds. The van der Waals surface area contributed by atoms with Crippen molar-refractivity contribution in [2.75, 3.05) is 0 Å². The highest BCUT2D eigenvalue weighted by atomic mass is 32.2. The van der Waals surface area contributed by atoms with Crippen molar-refractivity contribution in [2.24, 2.45) is 0 Å². The minimum absolute atomic E-state index is 0.388. The van der Waals surface area contributed by atoms with E-state index in [-0.39, 0.29) is 5.56 Å². The first kappa shape index (κ1) is 18.9. The lowest BCUT2D eigenvalue weighted by Crippen LogP contribution is -2.31. The average molecular weight is 417 g/mol. The lowest BCUT2D eigenvalue weighted by atomic mass is 10.3. The summed E-state index contributed by atoms with van der Waals surface area (Å²) in [6, 6.07) is 1.97. The van der Waals surface area contributed by atoms with Gasteiger partial charge in [0.05, 0.1) is 16.0 Å². The molecule has 0 saturated carbocycles. The van der Waals surface area contributed by atoms with Gasteiger partial charge in [-0.1, -0.05) is 25.1 Å². The summed E-state index contributed by atoms with van der Waals surface area (Å²) in [5.74, 6) is 1.31. The fourth-order valence-corrected chi connectivity index (χ4v) is 5.09. The van der Waals surface area contributed by atoms with E-state index in [2.05, 4.69) is 26.9 Å². The molecule has 8 nitrogen and oxygen atoms in total. The van der Waals surface area contributed by atoms with Gasteiger partial charge in [0.1, 0.15) is 17.2 Å². The molecule has 0 aliphatic heterocycles. The molecule has 0 aliphatic rings. The van der Waals surface area contributed by atoms with Crippen molar-refractivity contribution < 1.29 is 0 Å². The quantitative estimate of drug-likeness (QED) is 0.367. The largest absolute Gasteiger partial charge is 0.330 e. The maximum absolute atomic E-state index is 12.5. The summed E-state index contributed by atoms with van der Waals surface area (Å²) < 4.78 is 4.50. The highest BCUT2D eigenvalue weighted by Crippen LogP contribution is 2.31. The van der Waals surface area contributed by atoms with Crippen molar-refractivity contribution in [1.82, 2.24) is 29.1 Å². The summed E-state index contributed by atoms with van der Waals surface area (Å²) in [6.45, 7) is 5.17. The monoisotopic (exact) mass is 416 g/mol. The topological polar surface area (TPSA) is 98.5 Å². The van der Waals surface area contributed by atoms with Gasteiger partial charge >= 0.3 is 5.69 Å². The molecule has 146 valence electrons. The third-order valence-electron chi connectivity index (χ3n) is 4.56. The second kappa shape index (κ2) is 7.88. The van der Waals surface area contributed by atoms with Crippen molar-refractivity contribution in [3.8, 4) is 0 Å². The second-order valence-corrected chi connectivity index (χ2v) is 8.19. The Labute approximate surface area is 168 Å². The maximum Gasteiger partial charge on any atom is 0.330 e. The summed E-state index contributed by atoms with van der Waals surface area (Å²) in [7, 11) is 0. The number of nitrogens with one attached hydrogen (secondary N) is 1. The van der Waals surface area contributed by atoms with E-state index in [0.717, 1.165) is 33.9 Å². The minimum atomic E-state index is -0.401. The van der Waals surface area contributed by atoms with Crippen LogP contribution in [0.5, 0.6) is 0 Å². The highest BCUT2D eigenvalue weighted by molar-refractivity contribution is 7.98. The lowest BCUT2D eigenvalue weighted by Gasteiger charge is -2.06. The Hall–Kier alpha value is -2.46. The average Bonchev–Trinajstić information content (AvgIpc) is 3.31. The molecule has 0 radical (unpaired) electrons. The number of aromatic nitrogens is 6. The molecule has 0 spiro atoms. The molecule has 1 N–H and O–H groups in total. The maximum atomic E-state index is 12.5. The minimum Gasteiger partial charge on any atom is -0.322 e. The van der Waals surface area contributed by atoms with Crippen molar-refractivity contribution in [2.45, 2.75) is 50.6 Å². The van der Waals surface area contributed by atoms with Crippen LogP contribution in [-0.2, 0) is 18.8 Å². The molecular weight excluding hydrogens is 396 g/mol. The Morgan fingerprint density at radius 3 is 2.86 bits per heavy atom. The van der Waals surface area contributed by atoms with Crippen LogP contribution in [0.1, 0.15) is 32.5 Å². The van der Waals surface area contributed by atoms with Crippen LogP contribution in [0.15, 0.2) is 32.4 Å². The number of hydrogen-bond donors (Lipinski definition) is 1. The van der Waals surface area contributed by atoms with Gasteiger partial charge < -0.3 is 4.57 Å². The molecule has 0 saturated heterocycles. The zero-order chi connectivity index (χ0) is 19.7. The van der Waals surface area contributed by atoms with Gasteiger partial charge in [-0.25, -0.2) is 19.7 Å². The summed E-state index contributed by atoms with van der Waals surface area (Å²) >= 11 is 3.17. The number of thioether (sulfide) groups is 1. The van der Waals surface area contributed by atoms with E-state index in [1.165, 1.54) is 0 Å². The summed E-state index contributed by atoms with van der Waals surface area (Å²) in [6.07, 6.45) is 3.36. The van der Waals surface area contributed by atoms with E-state index in [1.54, 1.807) is 34.0 Å². The number of H-pyrrole nitrogens is 1. The molecule has 0 aromatic carbocycles. The highest BCUT2D eigenvalue weighted by Gasteiger charge is 2.18. The number of imidazole rings is 1. The molecule has 4 heterocycles. The zero-order valence-electron chi connectivity index (χ0n) is 15.6. The predicted octanol–water partition coefficient (Wildman–Crippen LogP) is 3.00. The molecule has 28 heavy (non-hydrogen) atoms. The molecule has 0 bridgehead atoms. The number of thiophene rings is 1. The van der Waals surface area contributed by atoms with Gasteiger partial charge in [0, 0.05) is 13.1 Å². The van der Waals surface area contributed by atoms with Gasteiger partial charge in [0.25, 0.3) is 5.56 Å². The van der Waals surface area contributed by atoms with Crippen LogP contribution < -0.4 is 11.2 Å². The number of fused-ring (bicyclic) bond motifs is 2. The van der Waals surface area contributed by atoms with Crippen LogP contribution in [-0.4, -0.2) is 29.1 Å². The molecule has 0 fully saturated rings. The second-order valence-electron chi connectivity index (χ2n) is 6.31. The number of aromatic amines is 1. The Balaban J connectivity index is 1.76. The van der Waals surface area contributed by atoms with Crippen molar-refractivity contribution >= 4 is 44.5 Å². The molecule has 10 heteroatoms. The SMILES string of the molecule is CCCCn1c(=O)[nH]c(=O)c2c1nc(CSc1ncnc3ccsc13)n2CC. The Morgan fingerprint density at radius 2 is 2.07 bits per heavy atom. The molecule has 4 aromatic rings. The van der Waals surface area contributed by atoms with E-state index in [1.807, 2.05) is 22.9 Å². The van der Waals surface area contributed by atoms with Crippen LogP contribution in [0.25, 0.3) is 21.4 Å². The first-order chi connectivity index (χ1) is 13.6. The Bertz CT molecular complexity index is 1250. The van der Waals surface area contributed by atoms with E-state index < -0.39 is 5.69 Å². The summed E-state index contributed by atoms with van der Waals surface area (Å²) in [4.78, 5) is 40.6. The molecule has 4 rings (SSSR count). The first-order valence-electron chi connectivity index (χ1n) is 9.17. The van der Waals surface area contributed by atoms with Crippen LogP contribution in [0.4, 0.5) is 0 Å². The van der Waals surface area contributed by atoms with Gasteiger partial charge in [-0.3, -0.25) is 14.3 Å². The fourth-order valence-electron chi connectivity index (χ4n) is 3.19. The van der Waals surface area contributed by atoms with Gasteiger partial charge in [0.15, 0.2) is 11.2 Å². The molecular formula is C18H20N6O2S2. The normalized spacial score (nSPS) is 11.6. The molecule has 0 aliphatic carbocycles. The lowest BCUT2D eigenvalue weighted by molar-refractivity contribution is 0.613.